The number of nitro groups is 1. The van der Waals surface area contributed by atoms with E-state index in [-0.39, 0.29) is 22.9 Å². The smallest absolute Gasteiger partial charge is 0.282 e. The van der Waals surface area contributed by atoms with Gasteiger partial charge in [0.2, 0.25) is 11.0 Å². The van der Waals surface area contributed by atoms with Crippen molar-refractivity contribution < 1.29 is 14.5 Å². The van der Waals surface area contributed by atoms with E-state index in [2.05, 4.69) is 10.2 Å². The van der Waals surface area contributed by atoms with Crippen LogP contribution in [-0.4, -0.2) is 63.8 Å². The number of nitrogens with zero attached hydrogens (tertiary/aromatic N) is 5. The lowest BCUT2D eigenvalue weighted by atomic mass is 10.1. The third kappa shape index (κ3) is 4.52. The number of hydrogen-bond acceptors (Lipinski definition) is 9. The first-order chi connectivity index (χ1) is 13.0. The number of para-hydroxylation sites is 1. The van der Waals surface area contributed by atoms with Crippen LogP contribution in [0.5, 0.6) is 0 Å². The van der Waals surface area contributed by atoms with E-state index in [0.29, 0.717) is 35.7 Å². The number of piperazine rings is 1. The number of rotatable bonds is 6. The first kappa shape index (κ1) is 19.0. The van der Waals surface area contributed by atoms with Crippen molar-refractivity contribution in [3.63, 3.8) is 0 Å². The molecule has 0 aliphatic carbocycles. The predicted molar refractivity (Wildman–Crippen MR) is 101 cm³/mol. The zero-order valence-electron chi connectivity index (χ0n) is 14.1. The lowest BCUT2D eigenvalue weighted by Crippen LogP contribution is -2.48. The van der Waals surface area contributed by atoms with E-state index in [0.717, 1.165) is 0 Å². The Morgan fingerprint density at radius 1 is 1.22 bits per heavy atom. The molecule has 0 unspecified atom stereocenters. The summed E-state index contributed by atoms with van der Waals surface area (Å²) in [6.07, 6.45) is 0. The fourth-order valence-electron chi connectivity index (χ4n) is 2.61. The lowest BCUT2D eigenvalue weighted by Gasteiger charge is -2.34. The Hall–Kier alpha value is -2.73. The molecule has 1 aromatic carbocycles. The summed E-state index contributed by atoms with van der Waals surface area (Å²) in [6, 6.07) is 5.95. The molecule has 1 aliphatic heterocycles. The number of nitrogens with two attached hydrogens (primary N) is 1. The Bertz CT molecular complexity index is 865. The van der Waals surface area contributed by atoms with Crippen LogP contribution in [-0.2, 0) is 4.79 Å². The van der Waals surface area contributed by atoms with E-state index in [9.17, 15) is 19.7 Å². The molecule has 3 rings (SSSR count). The number of aromatic nitrogens is 2. The fourth-order valence-corrected chi connectivity index (χ4v) is 4.24. The van der Waals surface area contributed by atoms with Crippen molar-refractivity contribution in [1.29, 1.82) is 0 Å². The molecule has 1 saturated heterocycles. The summed E-state index contributed by atoms with van der Waals surface area (Å²) in [5.74, 6) is -0.622. The van der Waals surface area contributed by atoms with Gasteiger partial charge in [-0.1, -0.05) is 35.2 Å². The predicted octanol–water partition coefficient (Wildman–Crippen LogP) is 0.986. The van der Waals surface area contributed by atoms with E-state index < -0.39 is 10.8 Å². The third-order valence-corrected chi connectivity index (χ3v) is 6.04. The molecule has 0 atom stereocenters. The van der Waals surface area contributed by atoms with Crippen molar-refractivity contribution >= 4 is 45.7 Å². The Labute approximate surface area is 162 Å². The van der Waals surface area contributed by atoms with E-state index in [1.807, 2.05) is 4.90 Å². The van der Waals surface area contributed by atoms with Crippen molar-refractivity contribution in [2.75, 3.05) is 36.8 Å². The summed E-state index contributed by atoms with van der Waals surface area (Å²) in [5.41, 5.74) is 5.02. The number of carbonyl (C=O) groups is 2. The van der Waals surface area contributed by atoms with E-state index >= 15 is 0 Å². The highest BCUT2D eigenvalue weighted by Gasteiger charge is 2.28. The normalized spacial score (nSPS) is 14.2. The largest absolute Gasteiger partial charge is 0.369 e. The SMILES string of the molecule is NC(=O)CSc1nnc(N2CCN(C(=O)c3ccccc3[N+](=O)[O-])CC2)s1. The summed E-state index contributed by atoms with van der Waals surface area (Å²) in [4.78, 5) is 37.7. The number of benzene rings is 1. The van der Waals surface area contributed by atoms with Crippen LogP contribution in [0.2, 0.25) is 0 Å². The van der Waals surface area contributed by atoms with Gasteiger partial charge >= 0.3 is 0 Å². The minimum absolute atomic E-state index is 0.0944. The quantitative estimate of drug-likeness (QED) is 0.424. The summed E-state index contributed by atoms with van der Waals surface area (Å²) in [6.45, 7) is 1.94. The van der Waals surface area contributed by atoms with Gasteiger partial charge in [-0.05, 0) is 6.07 Å². The van der Waals surface area contributed by atoms with Crippen LogP contribution in [0.4, 0.5) is 10.8 Å². The molecular weight excluding hydrogens is 392 g/mol. The fraction of sp³-hybridized carbons (Fsp3) is 0.333. The van der Waals surface area contributed by atoms with Crippen LogP contribution in [0, 0.1) is 10.1 Å². The molecule has 2 N–H and O–H groups in total. The molecule has 27 heavy (non-hydrogen) atoms. The monoisotopic (exact) mass is 408 g/mol. The maximum Gasteiger partial charge on any atom is 0.282 e. The van der Waals surface area contributed by atoms with Gasteiger partial charge in [0.15, 0.2) is 4.34 Å². The molecule has 142 valence electrons. The summed E-state index contributed by atoms with van der Waals surface area (Å²) in [7, 11) is 0. The van der Waals surface area contributed by atoms with Crippen LogP contribution in [0.3, 0.4) is 0 Å². The molecule has 0 saturated carbocycles. The molecule has 2 heterocycles. The standard InChI is InChI=1S/C15H16N6O4S2/c16-12(22)9-26-15-18-17-14(27-15)20-7-5-19(6-8-20)13(23)10-3-1-2-4-11(10)21(24)25/h1-4H,5-9H2,(H2,16,22). The highest BCUT2D eigenvalue weighted by Crippen LogP contribution is 2.29. The zero-order chi connectivity index (χ0) is 19.4. The summed E-state index contributed by atoms with van der Waals surface area (Å²) < 4.78 is 0.655. The first-order valence-corrected chi connectivity index (χ1v) is 9.78. The summed E-state index contributed by atoms with van der Waals surface area (Å²) >= 11 is 2.60. The average molecular weight is 408 g/mol. The number of anilines is 1. The van der Waals surface area contributed by atoms with Gasteiger partial charge in [-0.3, -0.25) is 19.7 Å². The molecule has 1 aromatic heterocycles. The number of carbonyl (C=O) groups excluding carboxylic acids is 2. The zero-order valence-corrected chi connectivity index (χ0v) is 15.7. The molecule has 2 amide bonds. The molecule has 0 spiro atoms. The van der Waals surface area contributed by atoms with Crippen LogP contribution in [0.15, 0.2) is 28.6 Å². The Morgan fingerprint density at radius 3 is 2.59 bits per heavy atom. The second-order valence-electron chi connectivity index (χ2n) is 5.66. The average Bonchev–Trinajstić information content (AvgIpc) is 3.15. The molecule has 0 radical (unpaired) electrons. The Morgan fingerprint density at radius 2 is 1.93 bits per heavy atom. The number of thioether (sulfide) groups is 1. The number of nitro benzene ring substituents is 1. The molecule has 0 bridgehead atoms. The van der Waals surface area contributed by atoms with Crippen LogP contribution in [0.1, 0.15) is 10.4 Å². The van der Waals surface area contributed by atoms with Crippen molar-refractivity contribution in [3.8, 4) is 0 Å². The van der Waals surface area contributed by atoms with Gasteiger partial charge in [0, 0.05) is 32.2 Å². The van der Waals surface area contributed by atoms with Crippen LogP contribution in [0.25, 0.3) is 0 Å². The molecule has 10 nitrogen and oxygen atoms in total. The van der Waals surface area contributed by atoms with Gasteiger partial charge in [0.1, 0.15) is 5.56 Å². The number of amides is 2. The van der Waals surface area contributed by atoms with Crippen molar-refractivity contribution in [1.82, 2.24) is 15.1 Å². The van der Waals surface area contributed by atoms with E-state index in [4.69, 9.17) is 5.73 Å². The van der Waals surface area contributed by atoms with Crippen molar-refractivity contribution in [2.45, 2.75) is 4.34 Å². The molecule has 12 heteroatoms. The minimum Gasteiger partial charge on any atom is -0.369 e. The highest BCUT2D eigenvalue weighted by atomic mass is 32.2. The maximum atomic E-state index is 12.7. The minimum atomic E-state index is -0.546. The number of primary amides is 1. The number of hydrogen-bond donors (Lipinski definition) is 1. The van der Waals surface area contributed by atoms with Gasteiger partial charge in [0.25, 0.3) is 11.6 Å². The van der Waals surface area contributed by atoms with Gasteiger partial charge in [0.05, 0.1) is 10.7 Å². The van der Waals surface area contributed by atoms with Crippen LogP contribution >= 0.6 is 23.1 Å². The van der Waals surface area contributed by atoms with Crippen molar-refractivity contribution in [3.05, 3.63) is 39.9 Å². The maximum absolute atomic E-state index is 12.7. The van der Waals surface area contributed by atoms with E-state index in [1.54, 1.807) is 11.0 Å². The third-order valence-electron chi connectivity index (χ3n) is 3.90. The molecule has 1 aliphatic rings. The topological polar surface area (TPSA) is 136 Å². The lowest BCUT2D eigenvalue weighted by molar-refractivity contribution is -0.385. The van der Waals surface area contributed by atoms with Crippen LogP contribution < -0.4 is 10.6 Å². The van der Waals surface area contributed by atoms with Crippen molar-refractivity contribution in [2.24, 2.45) is 5.73 Å². The summed E-state index contributed by atoms with van der Waals surface area (Å²) in [5, 5.41) is 20.0. The van der Waals surface area contributed by atoms with E-state index in [1.165, 1.54) is 41.3 Å². The molecule has 1 fully saturated rings. The second kappa shape index (κ2) is 8.31. The highest BCUT2D eigenvalue weighted by molar-refractivity contribution is 8.01. The Kier molecular flexibility index (Phi) is 5.86. The first-order valence-electron chi connectivity index (χ1n) is 7.98. The molecule has 2 aromatic rings. The molecular formula is C15H16N6O4S2. The van der Waals surface area contributed by atoms with Gasteiger partial charge in [-0.25, -0.2) is 0 Å². The van der Waals surface area contributed by atoms with Gasteiger partial charge in [-0.2, -0.15) is 0 Å². The van der Waals surface area contributed by atoms with Gasteiger partial charge < -0.3 is 15.5 Å². The van der Waals surface area contributed by atoms with Gasteiger partial charge in [-0.15, -0.1) is 10.2 Å². The Balaban J connectivity index is 1.61. The second-order valence-corrected chi connectivity index (χ2v) is 7.84.